The van der Waals surface area contributed by atoms with Crippen LogP contribution in [0.5, 0.6) is 0 Å². The van der Waals surface area contributed by atoms with E-state index in [0.29, 0.717) is 0 Å². The Labute approximate surface area is 96.6 Å². The Bertz CT molecular complexity index is 69.0. The minimum atomic E-state index is 0. The molecule has 4 N–H and O–H groups in total. The molecule has 0 atom stereocenters. The third kappa shape index (κ3) is 24.8. The highest BCUT2D eigenvalue weighted by Crippen LogP contribution is 1.59. The number of hydrogen-bond donors (Lipinski definition) is 4. The molecule has 0 aromatic carbocycles. The van der Waals surface area contributed by atoms with Crippen LogP contribution in [0.4, 0.5) is 0 Å². The SMILES string of the molecule is C.CC.CNCCNCCNCCNC. The molecule has 0 aliphatic carbocycles. The van der Waals surface area contributed by atoms with E-state index in [1.807, 2.05) is 27.9 Å². The van der Waals surface area contributed by atoms with Crippen LogP contribution >= 0.6 is 0 Å². The zero-order valence-corrected chi connectivity index (χ0v) is 10.2. The smallest absolute Gasteiger partial charge is 0.00772 e. The van der Waals surface area contributed by atoms with Crippen molar-refractivity contribution in [2.45, 2.75) is 21.3 Å². The van der Waals surface area contributed by atoms with Gasteiger partial charge in [-0.1, -0.05) is 21.3 Å². The van der Waals surface area contributed by atoms with Gasteiger partial charge in [0.25, 0.3) is 0 Å². The first-order chi connectivity index (χ1) is 6.91. The first-order valence-electron chi connectivity index (χ1n) is 5.62. The van der Waals surface area contributed by atoms with Crippen molar-refractivity contribution in [2.24, 2.45) is 0 Å². The molecule has 4 heteroatoms. The van der Waals surface area contributed by atoms with Gasteiger partial charge in [-0.25, -0.2) is 0 Å². The van der Waals surface area contributed by atoms with Crippen molar-refractivity contribution in [3.05, 3.63) is 0 Å². The highest BCUT2D eigenvalue weighted by Gasteiger charge is 1.86. The lowest BCUT2D eigenvalue weighted by atomic mass is 10.5. The van der Waals surface area contributed by atoms with Gasteiger partial charge in [0.15, 0.2) is 0 Å². The second-order valence-electron chi connectivity index (χ2n) is 2.71. The second-order valence-corrected chi connectivity index (χ2v) is 2.71. The van der Waals surface area contributed by atoms with Crippen LogP contribution in [-0.4, -0.2) is 53.4 Å². The van der Waals surface area contributed by atoms with Gasteiger partial charge in [0.2, 0.25) is 0 Å². The van der Waals surface area contributed by atoms with E-state index in [1.54, 1.807) is 0 Å². The fourth-order valence-electron chi connectivity index (χ4n) is 0.854. The Kier molecular flexibility index (Phi) is 31.9. The van der Waals surface area contributed by atoms with Crippen LogP contribution in [-0.2, 0) is 0 Å². The van der Waals surface area contributed by atoms with Crippen LogP contribution in [0.2, 0.25) is 0 Å². The second kappa shape index (κ2) is 23.6. The molecule has 0 spiro atoms. The molecule has 0 aromatic rings. The highest BCUT2D eigenvalue weighted by molar-refractivity contribution is 4.53. The van der Waals surface area contributed by atoms with Gasteiger partial charge >= 0.3 is 0 Å². The molecule has 4 nitrogen and oxygen atoms in total. The zero-order chi connectivity index (χ0) is 11.1. The number of rotatable bonds is 9. The van der Waals surface area contributed by atoms with Crippen molar-refractivity contribution in [1.29, 1.82) is 0 Å². The largest absolute Gasteiger partial charge is 0.318 e. The van der Waals surface area contributed by atoms with Crippen LogP contribution < -0.4 is 21.3 Å². The first-order valence-corrected chi connectivity index (χ1v) is 5.62. The van der Waals surface area contributed by atoms with Gasteiger partial charge in [-0.2, -0.15) is 0 Å². The lowest BCUT2D eigenvalue weighted by molar-refractivity contribution is 0.590. The molecular formula is C11H32N4. The highest BCUT2D eigenvalue weighted by atomic mass is 15.0. The van der Waals surface area contributed by atoms with E-state index in [1.165, 1.54) is 0 Å². The maximum atomic E-state index is 3.32. The molecule has 0 amide bonds. The molecule has 0 aliphatic rings. The lowest BCUT2D eigenvalue weighted by Crippen LogP contribution is -2.34. The molecule has 0 aromatic heterocycles. The third-order valence-corrected chi connectivity index (χ3v) is 1.58. The van der Waals surface area contributed by atoms with E-state index in [0.717, 1.165) is 39.3 Å². The van der Waals surface area contributed by atoms with Gasteiger partial charge in [-0.15, -0.1) is 0 Å². The molecule has 0 saturated carbocycles. The number of hydrogen-bond acceptors (Lipinski definition) is 4. The summed E-state index contributed by atoms with van der Waals surface area (Å²) in [5, 5.41) is 12.8. The summed E-state index contributed by atoms with van der Waals surface area (Å²) in [6, 6.07) is 0. The van der Waals surface area contributed by atoms with Crippen molar-refractivity contribution < 1.29 is 0 Å². The van der Waals surface area contributed by atoms with Crippen LogP contribution in [0.3, 0.4) is 0 Å². The molecule has 0 saturated heterocycles. The van der Waals surface area contributed by atoms with Gasteiger partial charge in [-0.05, 0) is 14.1 Å². The van der Waals surface area contributed by atoms with Gasteiger partial charge < -0.3 is 21.3 Å². The predicted octanol–water partition coefficient (Wildman–Crippen LogP) is 0.267. The Balaban J connectivity index is -0.000000449. The fourth-order valence-corrected chi connectivity index (χ4v) is 0.854. The molecular weight excluding hydrogens is 188 g/mol. The Hall–Kier alpha value is -0.160. The summed E-state index contributed by atoms with van der Waals surface area (Å²) in [7, 11) is 3.93. The van der Waals surface area contributed by atoms with E-state index in [4.69, 9.17) is 0 Å². The number of likely N-dealkylation sites (N-methyl/N-ethyl adjacent to an activating group) is 2. The van der Waals surface area contributed by atoms with Crippen LogP contribution in [0.25, 0.3) is 0 Å². The Morgan fingerprint density at radius 3 is 1.13 bits per heavy atom. The summed E-state index contributed by atoms with van der Waals surface area (Å²) in [6.45, 7) is 10.3. The van der Waals surface area contributed by atoms with Crippen LogP contribution in [0.1, 0.15) is 21.3 Å². The summed E-state index contributed by atoms with van der Waals surface area (Å²) in [5.74, 6) is 0. The fraction of sp³-hybridized carbons (Fsp3) is 1.00. The molecule has 0 radical (unpaired) electrons. The summed E-state index contributed by atoms with van der Waals surface area (Å²) >= 11 is 0. The molecule has 0 heterocycles. The van der Waals surface area contributed by atoms with E-state index < -0.39 is 0 Å². The van der Waals surface area contributed by atoms with Crippen molar-refractivity contribution in [3.8, 4) is 0 Å². The zero-order valence-electron chi connectivity index (χ0n) is 10.2. The predicted molar refractivity (Wildman–Crippen MR) is 71.7 cm³/mol. The Morgan fingerprint density at radius 1 is 0.600 bits per heavy atom. The topological polar surface area (TPSA) is 48.1 Å². The lowest BCUT2D eigenvalue weighted by Gasteiger charge is -2.05. The van der Waals surface area contributed by atoms with Crippen LogP contribution in [0.15, 0.2) is 0 Å². The maximum Gasteiger partial charge on any atom is 0.00772 e. The summed E-state index contributed by atoms with van der Waals surface area (Å²) in [5.41, 5.74) is 0. The average molecular weight is 220 g/mol. The van der Waals surface area contributed by atoms with E-state index in [2.05, 4.69) is 21.3 Å². The van der Waals surface area contributed by atoms with Gasteiger partial charge in [0.1, 0.15) is 0 Å². The molecule has 0 bridgehead atoms. The average Bonchev–Trinajstić information content (AvgIpc) is 2.25. The van der Waals surface area contributed by atoms with Gasteiger partial charge in [0.05, 0.1) is 0 Å². The first kappa shape index (κ1) is 20.3. The minimum Gasteiger partial charge on any atom is -0.318 e. The van der Waals surface area contributed by atoms with E-state index in [9.17, 15) is 0 Å². The molecule has 0 unspecified atom stereocenters. The van der Waals surface area contributed by atoms with Crippen molar-refractivity contribution >= 4 is 0 Å². The van der Waals surface area contributed by atoms with Crippen molar-refractivity contribution in [1.82, 2.24) is 21.3 Å². The van der Waals surface area contributed by atoms with Crippen LogP contribution in [0, 0.1) is 0 Å². The molecule has 96 valence electrons. The summed E-state index contributed by atoms with van der Waals surface area (Å²) in [4.78, 5) is 0. The molecule has 0 rings (SSSR count). The minimum absolute atomic E-state index is 0. The molecule has 0 aliphatic heterocycles. The normalized spacial score (nSPS) is 8.80. The molecule has 15 heavy (non-hydrogen) atoms. The van der Waals surface area contributed by atoms with Gasteiger partial charge in [-0.3, -0.25) is 0 Å². The Morgan fingerprint density at radius 2 is 0.867 bits per heavy atom. The molecule has 0 fully saturated rings. The number of nitrogens with one attached hydrogen (secondary N) is 4. The quantitative estimate of drug-likeness (QED) is 0.421. The monoisotopic (exact) mass is 220 g/mol. The van der Waals surface area contributed by atoms with Crippen molar-refractivity contribution in [3.63, 3.8) is 0 Å². The summed E-state index contributed by atoms with van der Waals surface area (Å²) in [6.07, 6.45) is 0. The van der Waals surface area contributed by atoms with E-state index >= 15 is 0 Å². The van der Waals surface area contributed by atoms with Crippen molar-refractivity contribution in [2.75, 3.05) is 53.4 Å². The maximum absolute atomic E-state index is 3.32. The van der Waals surface area contributed by atoms with E-state index in [-0.39, 0.29) is 7.43 Å². The summed E-state index contributed by atoms with van der Waals surface area (Å²) < 4.78 is 0. The standard InChI is InChI=1S/C8H22N4.C2H6.CH4/c1-9-3-5-11-7-8-12-6-4-10-2;1-2;/h9-12H,3-8H2,1-2H3;1-2H3;1H4. The third-order valence-electron chi connectivity index (χ3n) is 1.58. The van der Waals surface area contributed by atoms with Gasteiger partial charge in [0, 0.05) is 39.3 Å².